The van der Waals surface area contributed by atoms with E-state index in [1.807, 2.05) is 0 Å². The summed E-state index contributed by atoms with van der Waals surface area (Å²) in [6.07, 6.45) is 1.45. The highest BCUT2D eigenvalue weighted by atomic mass is 19.1. The molecule has 0 aliphatic carbocycles. The molecule has 0 unspecified atom stereocenters. The normalized spacial score (nSPS) is 10.7. The lowest BCUT2D eigenvalue weighted by atomic mass is 10.2. The third-order valence-corrected chi connectivity index (χ3v) is 3.57. The van der Waals surface area contributed by atoms with E-state index in [9.17, 15) is 9.18 Å². The molecule has 0 aliphatic heterocycles. The van der Waals surface area contributed by atoms with Crippen LogP contribution in [0.2, 0.25) is 0 Å². The van der Waals surface area contributed by atoms with Crippen molar-refractivity contribution in [3.8, 4) is 11.5 Å². The minimum Gasteiger partial charge on any atom is -0.493 e. The van der Waals surface area contributed by atoms with Crippen molar-refractivity contribution >= 4 is 10.9 Å². The molecule has 0 bridgehead atoms. The van der Waals surface area contributed by atoms with Gasteiger partial charge in [-0.25, -0.2) is 9.37 Å². The molecule has 118 valence electrons. The minimum absolute atomic E-state index is 0.222. The fraction of sp³-hybridized carbons (Fsp3) is 0.176. The highest BCUT2D eigenvalue weighted by Crippen LogP contribution is 2.29. The van der Waals surface area contributed by atoms with Crippen molar-refractivity contribution < 1.29 is 13.9 Å². The van der Waals surface area contributed by atoms with Gasteiger partial charge >= 0.3 is 0 Å². The zero-order chi connectivity index (χ0) is 16.4. The Hall–Kier alpha value is -2.89. The number of hydrogen-bond donors (Lipinski definition) is 0. The summed E-state index contributed by atoms with van der Waals surface area (Å²) < 4.78 is 25.1. The first-order valence-electron chi connectivity index (χ1n) is 6.98. The standard InChI is InChI=1S/C17H15FN2O3/c1-22-15-7-13-14(8-16(15)23-2)19-10-20(17(13)21)9-11-4-3-5-12(18)6-11/h3-8,10H,9H2,1-2H3. The number of halogens is 1. The highest BCUT2D eigenvalue weighted by Gasteiger charge is 2.11. The molecule has 3 rings (SSSR count). The smallest absolute Gasteiger partial charge is 0.261 e. The number of aromatic nitrogens is 2. The van der Waals surface area contributed by atoms with E-state index in [0.717, 1.165) is 0 Å². The lowest BCUT2D eigenvalue weighted by molar-refractivity contribution is 0.355. The van der Waals surface area contributed by atoms with Gasteiger partial charge in [0, 0.05) is 6.07 Å². The molecule has 2 aromatic carbocycles. The fourth-order valence-electron chi connectivity index (χ4n) is 2.43. The Morgan fingerprint density at radius 1 is 1.13 bits per heavy atom. The molecular formula is C17H15FN2O3. The summed E-state index contributed by atoms with van der Waals surface area (Å²) in [5.74, 6) is 0.632. The summed E-state index contributed by atoms with van der Waals surface area (Å²) in [6.45, 7) is 0.244. The Kier molecular flexibility index (Phi) is 3.97. The van der Waals surface area contributed by atoms with E-state index in [-0.39, 0.29) is 17.9 Å². The van der Waals surface area contributed by atoms with Crippen LogP contribution >= 0.6 is 0 Å². The average Bonchev–Trinajstić information content (AvgIpc) is 2.56. The van der Waals surface area contributed by atoms with E-state index < -0.39 is 0 Å². The summed E-state index contributed by atoms with van der Waals surface area (Å²) in [5.41, 5.74) is 0.983. The van der Waals surface area contributed by atoms with Crippen molar-refractivity contribution in [1.82, 2.24) is 9.55 Å². The van der Waals surface area contributed by atoms with Crippen LogP contribution in [0.5, 0.6) is 11.5 Å². The highest BCUT2D eigenvalue weighted by molar-refractivity contribution is 5.81. The van der Waals surface area contributed by atoms with Crippen molar-refractivity contribution in [1.29, 1.82) is 0 Å². The molecule has 5 nitrogen and oxygen atoms in total. The van der Waals surface area contributed by atoms with Crippen LogP contribution in [0.3, 0.4) is 0 Å². The minimum atomic E-state index is -0.337. The monoisotopic (exact) mass is 314 g/mol. The molecule has 0 radical (unpaired) electrons. The van der Waals surface area contributed by atoms with Crippen LogP contribution in [0.15, 0.2) is 47.5 Å². The van der Waals surface area contributed by atoms with Crippen LogP contribution in [0.1, 0.15) is 5.56 Å². The molecular weight excluding hydrogens is 299 g/mol. The third kappa shape index (κ3) is 2.88. The van der Waals surface area contributed by atoms with Crippen LogP contribution < -0.4 is 15.0 Å². The number of benzene rings is 2. The van der Waals surface area contributed by atoms with Gasteiger partial charge in [-0.05, 0) is 23.8 Å². The molecule has 0 spiro atoms. The van der Waals surface area contributed by atoms with Crippen LogP contribution in [0.25, 0.3) is 10.9 Å². The Labute approximate surface area is 131 Å². The lowest BCUT2D eigenvalue weighted by Gasteiger charge is -2.10. The third-order valence-electron chi connectivity index (χ3n) is 3.57. The van der Waals surface area contributed by atoms with Crippen molar-refractivity contribution in [2.24, 2.45) is 0 Å². The van der Waals surface area contributed by atoms with Crippen molar-refractivity contribution in [3.63, 3.8) is 0 Å². The lowest BCUT2D eigenvalue weighted by Crippen LogP contribution is -2.21. The zero-order valence-electron chi connectivity index (χ0n) is 12.7. The van der Waals surface area contributed by atoms with Gasteiger partial charge in [-0.15, -0.1) is 0 Å². The molecule has 0 atom stereocenters. The van der Waals surface area contributed by atoms with E-state index in [2.05, 4.69) is 4.98 Å². The number of methoxy groups -OCH3 is 2. The van der Waals surface area contributed by atoms with Gasteiger partial charge < -0.3 is 9.47 Å². The number of rotatable bonds is 4. The van der Waals surface area contributed by atoms with Crippen molar-refractivity contribution in [3.05, 3.63) is 64.5 Å². The van der Waals surface area contributed by atoms with Gasteiger partial charge in [-0.3, -0.25) is 9.36 Å². The molecule has 6 heteroatoms. The molecule has 0 saturated heterocycles. The predicted octanol–water partition coefficient (Wildman–Crippen LogP) is 2.60. The summed E-state index contributed by atoms with van der Waals surface area (Å²) in [6, 6.07) is 9.38. The van der Waals surface area contributed by atoms with Gasteiger partial charge in [-0.2, -0.15) is 0 Å². The Morgan fingerprint density at radius 2 is 1.87 bits per heavy atom. The SMILES string of the molecule is COc1cc2ncn(Cc3cccc(F)c3)c(=O)c2cc1OC. The molecule has 3 aromatic rings. The van der Waals surface area contributed by atoms with Crippen LogP contribution in [0.4, 0.5) is 4.39 Å². The summed E-state index contributed by atoms with van der Waals surface area (Å²) in [5, 5.41) is 0.418. The number of nitrogens with zero attached hydrogens (tertiary/aromatic N) is 2. The Bertz CT molecular complexity index is 921. The quantitative estimate of drug-likeness (QED) is 0.743. The van der Waals surface area contributed by atoms with Gasteiger partial charge in [0.15, 0.2) is 11.5 Å². The van der Waals surface area contributed by atoms with Crippen LogP contribution in [-0.2, 0) is 6.54 Å². The second kappa shape index (κ2) is 6.08. The average molecular weight is 314 g/mol. The van der Waals surface area contributed by atoms with Gasteiger partial charge in [0.2, 0.25) is 0 Å². The molecule has 0 N–H and O–H groups in total. The zero-order valence-corrected chi connectivity index (χ0v) is 12.7. The van der Waals surface area contributed by atoms with E-state index in [4.69, 9.17) is 9.47 Å². The first kappa shape index (κ1) is 15.0. The fourth-order valence-corrected chi connectivity index (χ4v) is 2.43. The van der Waals surface area contributed by atoms with Crippen LogP contribution in [-0.4, -0.2) is 23.8 Å². The first-order chi connectivity index (χ1) is 11.1. The number of ether oxygens (including phenoxy) is 2. The van der Waals surface area contributed by atoms with Crippen molar-refractivity contribution in [2.75, 3.05) is 14.2 Å². The second-order valence-corrected chi connectivity index (χ2v) is 5.03. The van der Waals surface area contributed by atoms with E-state index >= 15 is 0 Å². The Morgan fingerprint density at radius 3 is 2.57 bits per heavy atom. The molecule has 0 aliphatic rings. The van der Waals surface area contributed by atoms with Gasteiger partial charge in [0.25, 0.3) is 5.56 Å². The topological polar surface area (TPSA) is 53.4 Å². The molecule has 1 aromatic heterocycles. The van der Waals surface area contributed by atoms with Gasteiger partial charge in [-0.1, -0.05) is 12.1 Å². The van der Waals surface area contributed by atoms with Crippen LogP contribution in [0, 0.1) is 5.82 Å². The van der Waals surface area contributed by atoms with E-state index in [1.165, 1.54) is 37.2 Å². The maximum atomic E-state index is 13.3. The van der Waals surface area contributed by atoms with Gasteiger partial charge in [0.1, 0.15) is 5.82 Å². The summed E-state index contributed by atoms with van der Waals surface area (Å²) in [7, 11) is 3.03. The van der Waals surface area contributed by atoms with E-state index in [0.29, 0.717) is 28.0 Å². The number of hydrogen-bond acceptors (Lipinski definition) is 4. The molecule has 0 fully saturated rings. The predicted molar refractivity (Wildman–Crippen MR) is 84.6 cm³/mol. The largest absolute Gasteiger partial charge is 0.493 e. The molecule has 1 heterocycles. The summed E-state index contributed by atoms with van der Waals surface area (Å²) in [4.78, 5) is 16.9. The maximum absolute atomic E-state index is 13.3. The van der Waals surface area contributed by atoms with E-state index in [1.54, 1.807) is 24.3 Å². The van der Waals surface area contributed by atoms with Gasteiger partial charge in [0.05, 0.1) is 38.0 Å². The number of fused-ring (bicyclic) bond motifs is 1. The Balaban J connectivity index is 2.09. The molecule has 0 amide bonds. The second-order valence-electron chi connectivity index (χ2n) is 5.03. The first-order valence-corrected chi connectivity index (χ1v) is 6.98. The summed E-state index contributed by atoms with van der Waals surface area (Å²) >= 11 is 0. The molecule has 23 heavy (non-hydrogen) atoms. The van der Waals surface area contributed by atoms with Crippen molar-refractivity contribution in [2.45, 2.75) is 6.54 Å². The maximum Gasteiger partial charge on any atom is 0.261 e. The molecule has 0 saturated carbocycles.